The highest BCUT2D eigenvalue weighted by atomic mass is 35.5. The molecule has 2 N–H and O–H groups in total. The lowest BCUT2D eigenvalue weighted by atomic mass is 10.3. The van der Waals surface area contributed by atoms with Gasteiger partial charge < -0.3 is 10.5 Å². The van der Waals surface area contributed by atoms with Gasteiger partial charge in [0.15, 0.2) is 0 Å². The van der Waals surface area contributed by atoms with Crippen molar-refractivity contribution >= 4 is 30.8 Å². The average molecular weight is 202 g/mol. The molecule has 0 saturated heterocycles. The lowest BCUT2D eigenvalue weighted by Crippen LogP contribution is -2.34. The zero-order valence-electron chi connectivity index (χ0n) is 6.33. The van der Waals surface area contributed by atoms with Gasteiger partial charge in [0.2, 0.25) is 0 Å². The Labute approximate surface area is 78.5 Å². The van der Waals surface area contributed by atoms with Crippen molar-refractivity contribution in [2.75, 3.05) is 6.61 Å². The molecule has 1 fully saturated rings. The quantitative estimate of drug-likeness (QED) is 0.676. The molecule has 0 radical (unpaired) electrons. The molecule has 0 atom stereocenters. The summed E-state index contributed by atoms with van der Waals surface area (Å²) in [6, 6.07) is 0. The van der Waals surface area contributed by atoms with E-state index in [1.807, 2.05) is 0 Å². The second-order valence-corrected chi connectivity index (χ2v) is 2.38. The normalized spacial score (nSPS) is 17.3. The number of nitrogens with two attached hydrogens (primary N) is 1. The number of esters is 1. The molecular weight excluding hydrogens is 189 g/mol. The second-order valence-electron chi connectivity index (χ2n) is 2.38. The lowest BCUT2D eigenvalue weighted by molar-refractivity contribution is -0.145. The predicted molar refractivity (Wildman–Crippen MR) is 47.3 cm³/mol. The van der Waals surface area contributed by atoms with Crippen molar-refractivity contribution in [3.8, 4) is 0 Å². The van der Waals surface area contributed by atoms with E-state index in [1.54, 1.807) is 6.92 Å². The molecule has 0 aromatic rings. The molecule has 3 nitrogen and oxygen atoms in total. The van der Waals surface area contributed by atoms with Gasteiger partial charge in [-0.2, -0.15) is 0 Å². The number of rotatable bonds is 2. The van der Waals surface area contributed by atoms with Crippen molar-refractivity contribution < 1.29 is 9.53 Å². The van der Waals surface area contributed by atoms with E-state index in [9.17, 15) is 4.79 Å². The van der Waals surface area contributed by atoms with Crippen LogP contribution < -0.4 is 5.73 Å². The minimum atomic E-state index is -0.601. The fourth-order valence-electron chi connectivity index (χ4n) is 0.614. The monoisotopic (exact) mass is 201 g/mol. The van der Waals surface area contributed by atoms with Crippen LogP contribution in [0.3, 0.4) is 0 Å². The first-order valence-electron chi connectivity index (χ1n) is 3.15. The van der Waals surface area contributed by atoms with E-state index in [-0.39, 0.29) is 30.8 Å². The summed E-state index contributed by atoms with van der Waals surface area (Å²) >= 11 is 0. The van der Waals surface area contributed by atoms with Gasteiger partial charge in [-0.15, -0.1) is 24.8 Å². The number of carbonyl (C=O) groups is 1. The van der Waals surface area contributed by atoms with Gasteiger partial charge in [0, 0.05) is 0 Å². The van der Waals surface area contributed by atoms with Gasteiger partial charge in [0.25, 0.3) is 0 Å². The number of halogens is 2. The summed E-state index contributed by atoms with van der Waals surface area (Å²) < 4.78 is 4.70. The molecule has 0 aromatic heterocycles. The van der Waals surface area contributed by atoms with Gasteiger partial charge in [-0.05, 0) is 19.8 Å². The van der Waals surface area contributed by atoms with E-state index >= 15 is 0 Å². The van der Waals surface area contributed by atoms with Crippen molar-refractivity contribution in [1.29, 1.82) is 0 Å². The predicted octanol–water partition coefficient (Wildman–Crippen LogP) is 0.884. The van der Waals surface area contributed by atoms with Crippen molar-refractivity contribution in [3.63, 3.8) is 0 Å². The molecule has 1 aliphatic rings. The van der Waals surface area contributed by atoms with E-state index in [1.165, 1.54) is 0 Å². The Morgan fingerprint density at radius 1 is 1.55 bits per heavy atom. The summed E-state index contributed by atoms with van der Waals surface area (Å²) in [6.07, 6.45) is 1.57. The standard InChI is InChI=1S/C6H11NO2.2ClH/c1-2-9-5(8)6(7)3-4-6;;/h2-4,7H2,1H3;2*1H. The van der Waals surface area contributed by atoms with Gasteiger partial charge >= 0.3 is 5.97 Å². The zero-order valence-corrected chi connectivity index (χ0v) is 7.96. The Hall–Kier alpha value is 0.01000. The molecule has 1 aliphatic carbocycles. The molecule has 0 aliphatic heterocycles. The smallest absolute Gasteiger partial charge is 0.326 e. The van der Waals surface area contributed by atoms with E-state index in [2.05, 4.69) is 0 Å². The Bertz CT molecular complexity index is 137. The van der Waals surface area contributed by atoms with Crippen LogP contribution in [0.5, 0.6) is 0 Å². The van der Waals surface area contributed by atoms with E-state index < -0.39 is 5.54 Å². The number of hydrogen-bond acceptors (Lipinski definition) is 3. The third-order valence-corrected chi connectivity index (χ3v) is 1.47. The zero-order chi connectivity index (χ0) is 6.91. The second kappa shape index (κ2) is 4.80. The van der Waals surface area contributed by atoms with Gasteiger partial charge in [-0.25, -0.2) is 0 Å². The topological polar surface area (TPSA) is 52.3 Å². The van der Waals surface area contributed by atoms with Crippen LogP contribution in [0.1, 0.15) is 19.8 Å². The van der Waals surface area contributed by atoms with E-state index in [4.69, 9.17) is 10.5 Å². The largest absolute Gasteiger partial charge is 0.465 e. The molecule has 0 aromatic carbocycles. The number of hydrogen-bond donors (Lipinski definition) is 1. The molecular formula is C6H13Cl2NO2. The van der Waals surface area contributed by atoms with Crippen LogP contribution in [0.25, 0.3) is 0 Å². The molecule has 1 rings (SSSR count). The molecule has 0 heterocycles. The minimum absolute atomic E-state index is 0. The molecule has 5 heteroatoms. The molecule has 68 valence electrons. The maximum absolute atomic E-state index is 10.8. The number of carbonyl (C=O) groups excluding carboxylic acids is 1. The summed E-state index contributed by atoms with van der Waals surface area (Å²) in [5.74, 6) is -0.245. The van der Waals surface area contributed by atoms with Crippen LogP contribution in [0.4, 0.5) is 0 Å². The highest BCUT2D eigenvalue weighted by Crippen LogP contribution is 2.33. The van der Waals surface area contributed by atoms with Crippen LogP contribution in [0, 0.1) is 0 Å². The Kier molecular flexibility index (Phi) is 5.93. The van der Waals surface area contributed by atoms with Crippen LogP contribution >= 0.6 is 24.8 Å². The van der Waals surface area contributed by atoms with Crippen LogP contribution in [0.15, 0.2) is 0 Å². The summed E-state index contributed by atoms with van der Waals surface area (Å²) in [4.78, 5) is 10.8. The van der Waals surface area contributed by atoms with E-state index in [0.717, 1.165) is 12.8 Å². The summed E-state index contributed by atoms with van der Waals surface area (Å²) in [6.45, 7) is 2.21. The first kappa shape index (κ1) is 13.6. The van der Waals surface area contributed by atoms with Crippen LogP contribution in [0.2, 0.25) is 0 Å². The molecule has 1 saturated carbocycles. The van der Waals surface area contributed by atoms with Crippen molar-refractivity contribution in [2.45, 2.75) is 25.3 Å². The first-order valence-corrected chi connectivity index (χ1v) is 3.15. The van der Waals surface area contributed by atoms with Gasteiger partial charge in [-0.3, -0.25) is 4.79 Å². The van der Waals surface area contributed by atoms with Crippen molar-refractivity contribution in [3.05, 3.63) is 0 Å². The van der Waals surface area contributed by atoms with Crippen LogP contribution in [-0.4, -0.2) is 18.1 Å². The summed E-state index contributed by atoms with van der Waals surface area (Å²) in [5, 5.41) is 0. The highest BCUT2D eigenvalue weighted by Gasteiger charge is 2.47. The Morgan fingerprint density at radius 2 is 2.00 bits per heavy atom. The van der Waals surface area contributed by atoms with E-state index in [0.29, 0.717) is 6.61 Å². The van der Waals surface area contributed by atoms with Crippen molar-refractivity contribution in [2.24, 2.45) is 5.73 Å². The maximum atomic E-state index is 10.8. The highest BCUT2D eigenvalue weighted by molar-refractivity contribution is 5.85. The Morgan fingerprint density at radius 3 is 2.27 bits per heavy atom. The molecule has 0 bridgehead atoms. The SMILES string of the molecule is CCOC(=O)C1(N)CC1.Cl.Cl. The molecule has 0 spiro atoms. The maximum Gasteiger partial charge on any atom is 0.326 e. The fraction of sp³-hybridized carbons (Fsp3) is 0.833. The molecule has 0 unspecified atom stereocenters. The van der Waals surface area contributed by atoms with Gasteiger partial charge in [0.05, 0.1) is 6.61 Å². The Balaban J connectivity index is 0. The van der Waals surface area contributed by atoms with Crippen molar-refractivity contribution in [1.82, 2.24) is 0 Å². The summed E-state index contributed by atoms with van der Waals surface area (Å²) in [5.41, 5.74) is 4.90. The average Bonchev–Trinajstić information content (AvgIpc) is 2.50. The number of ether oxygens (including phenoxy) is 1. The lowest BCUT2D eigenvalue weighted by Gasteiger charge is -2.05. The third kappa shape index (κ3) is 3.27. The minimum Gasteiger partial charge on any atom is -0.465 e. The summed E-state index contributed by atoms with van der Waals surface area (Å²) in [7, 11) is 0. The first-order chi connectivity index (χ1) is 4.19. The fourth-order valence-corrected chi connectivity index (χ4v) is 0.614. The third-order valence-electron chi connectivity index (χ3n) is 1.47. The van der Waals surface area contributed by atoms with Crippen LogP contribution in [-0.2, 0) is 9.53 Å². The molecule has 11 heavy (non-hydrogen) atoms. The van der Waals surface area contributed by atoms with Gasteiger partial charge in [-0.1, -0.05) is 0 Å². The molecule has 0 amide bonds. The van der Waals surface area contributed by atoms with Gasteiger partial charge in [0.1, 0.15) is 5.54 Å².